The maximum absolute atomic E-state index is 10.8. The molecule has 2 nitrogen and oxygen atoms in total. The van der Waals surface area contributed by atoms with Crippen molar-refractivity contribution in [1.29, 1.82) is 0 Å². The zero-order chi connectivity index (χ0) is 7.68. The minimum atomic E-state index is -0.0521. The zero-order valence-corrected chi connectivity index (χ0v) is 7.60. The van der Waals surface area contributed by atoms with E-state index in [0.717, 1.165) is 10.9 Å². The molecule has 0 unspecified atom stereocenters. The Kier molecular flexibility index (Phi) is 2.70. The van der Waals surface area contributed by atoms with Gasteiger partial charge in [-0.25, -0.2) is 0 Å². The molecule has 2 rings (SSSR count). The van der Waals surface area contributed by atoms with Gasteiger partial charge in [0.2, 0.25) is 5.56 Å². The Bertz CT molecular complexity index is 435. The van der Waals surface area contributed by atoms with Crippen LogP contribution < -0.4 is 5.56 Å². The Balaban J connectivity index is 0.000000720. The summed E-state index contributed by atoms with van der Waals surface area (Å²) in [7, 11) is 0. The Morgan fingerprint density at radius 2 is 1.75 bits per heavy atom. The molecule has 0 fully saturated rings. The van der Waals surface area contributed by atoms with E-state index in [1.54, 1.807) is 0 Å². The molecule has 12 heavy (non-hydrogen) atoms. The van der Waals surface area contributed by atoms with Gasteiger partial charge in [-0.2, -0.15) is 0 Å². The summed E-state index contributed by atoms with van der Waals surface area (Å²) in [6.45, 7) is 0. The number of para-hydroxylation sites is 1. The summed E-state index contributed by atoms with van der Waals surface area (Å²) in [5, 5.41) is 1.06. The molecule has 3 heteroatoms. The Morgan fingerprint density at radius 1 is 1.00 bits per heavy atom. The SMILES string of the molecule is O=c1ccc2ccccc2[nH]1.[Al+3]. The molecule has 1 N–H and O–H groups in total. The molecule has 0 saturated carbocycles. The van der Waals surface area contributed by atoms with Gasteiger partial charge in [0.05, 0.1) is 0 Å². The third kappa shape index (κ3) is 1.58. The molecule has 0 spiro atoms. The monoisotopic (exact) mass is 172 g/mol. The summed E-state index contributed by atoms with van der Waals surface area (Å²) in [6.07, 6.45) is 0. The number of nitrogens with one attached hydrogen (secondary N) is 1. The molecular weight excluding hydrogens is 165 g/mol. The van der Waals surface area contributed by atoms with Crippen molar-refractivity contribution in [2.24, 2.45) is 0 Å². The van der Waals surface area contributed by atoms with Crippen LogP contribution in [-0.4, -0.2) is 22.3 Å². The fourth-order valence-electron chi connectivity index (χ4n) is 1.10. The van der Waals surface area contributed by atoms with E-state index in [9.17, 15) is 4.79 Å². The fraction of sp³-hybridized carbons (Fsp3) is 0. The summed E-state index contributed by atoms with van der Waals surface area (Å²) in [4.78, 5) is 13.6. The van der Waals surface area contributed by atoms with E-state index in [2.05, 4.69) is 4.98 Å². The molecule has 1 aromatic heterocycles. The van der Waals surface area contributed by atoms with Gasteiger partial charge < -0.3 is 4.98 Å². The molecule has 0 aliphatic carbocycles. The predicted molar refractivity (Wildman–Crippen MR) is 50.3 cm³/mol. The van der Waals surface area contributed by atoms with Crippen LogP contribution in [0.25, 0.3) is 10.9 Å². The van der Waals surface area contributed by atoms with Crippen LogP contribution in [0.15, 0.2) is 41.2 Å². The Morgan fingerprint density at radius 3 is 2.58 bits per heavy atom. The minimum Gasteiger partial charge on any atom is -0.322 e. The normalized spacial score (nSPS) is 9.33. The molecule has 1 heterocycles. The Labute approximate surface area is 80.4 Å². The van der Waals surface area contributed by atoms with Crippen molar-refractivity contribution in [1.82, 2.24) is 4.98 Å². The number of benzene rings is 1. The first-order valence-corrected chi connectivity index (χ1v) is 3.44. The third-order valence-electron chi connectivity index (χ3n) is 1.63. The second-order valence-corrected chi connectivity index (χ2v) is 2.41. The first kappa shape index (κ1) is 9.05. The molecule has 0 saturated heterocycles. The van der Waals surface area contributed by atoms with Gasteiger partial charge in [-0.3, -0.25) is 4.79 Å². The summed E-state index contributed by atoms with van der Waals surface area (Å²) < 4.78 is 0. The van der Waals surface area contributed by atoms with Crippen molar-refractivity contribution in [3.05, 3.63) is 46.8 Å². The average Bonchev–Trinajstić information content (AvgIpc) is 2.04. The first-order valence-electron chi connectivity index (χ1n) is 3.44. The standard InChI is InChI=1S/C9H7NO.Al/c11-9-6-5-7-3-1-2-4-8(7)10-9;/h1-6H,(H,10,11);/q;+3. The van der Waals surface area contributed by atoms with Crippen LogP contribution in [0.2, 0.25) is 0 Å². The molecule has 0 atom stereocenters. The summed E-state index contributed by atoms with van der Waals surface area (Å²) >= 11 is 0. The van der Waals surface area contributed by atoms with Crippen molar-refractivity contribution in [2.75, 3.05) is 0 Å². The van der Waals surface area contributed by atoms with Crippen LogP contribution in [0.3, 0.4) is 0 Å². The Hall–Kier alpha value is -1.04. The number of fused-ring (bicyclic) bond motifs is 1. The third-order valence-corrected chi connectivity index (χ3v) is 1.63. The van der Waals surface area contributed by atoms with Crippen LogP contribution in [0.5, 0.6) is 0 Å². The summed E-state index contributed by atoms with van der Waals surface area (Å²) in [5.41, 5.74) is 0.837. The fourth-order valence-corrected chi connectivity index (χ4v) is 1.10. The van der Waals surface area contributed by atoms with Gasteiger partial charge in [0.1, 0.15) is 0 Å². The quantitative estimate of drug-likeness (QED) is 0.594. The maximum atomic E-state index is 10.8. The van der Waals surface area contributed by atoms with Gasteiger partial charge in [0.25, 0.3) is 0 Å². The summed E-state index contributed by atoms with van der Waals surface area (Å²) in [5.74, 6) is 0. The molecule has 54 valence electrons. The molecule has 2 aromatic rings. The molecule has 0 bridgehead atoms. The molecule has 0 radical (unpaired) electrons. The topological polar surface area (TPSA) is 32.9 Å². The van der Waals surface area contributed by atoms with E-state index >= 15 is 0 Å². The van der Waals surface area contributed by atoms with E-state index in [-0.39, 0.29) is 22.9 Å². The van der Waals surface area contributed by atoms with Crippen molar-refractivity contribution < 1.29 is 0 Å². The van der Waals surface area contributed by atoms with Crippen LogP contribution >= 0.6 is 0 Å². The zero-order valence-electron chi connectivity index (χ0n) is 6.45. The van der Waals surface area contributed by atoms with E-state index in [4.69, 9.17) is 0 Å². The smallest absolute Gasteiger partial charge is 0.322 e. The number of hydrogen-bond donors (Lipinski definition) is 1. The number of rotatable bonds is 0. The number of hydrogen-bond acceptors (Lipinski definition) is 1. The van der Waals surface area contributed by atoms with Crippen LogP contribution in [0.4, 0.5) is 0 Å². The van der Waals surface area contributed by atoms with Gasteiger partial charge in [-0.05, 0) is 17.5 Å². The molecule has 1 aromatic carbocycles. The van der Waals surface area contributed by atoms with E-state index in [1.165, 1.54) is 6.07 Å². The average molecular weight is 172 g/mol. The van der Waals surface area contributed by atoms with Crippen molar-refractivity contribution in [3.63, 3.8) is 0 Å². The number of pyridine rings is 1. The maximum Gasteiger partial charge on any atom is 3.00 e. The molecule has 0 aliphatic rings. The molecule has 0 amide bonds. The van der Waals surface area contributed by atoms with Gasteiger partial charge in [-0.15, -0.1) is 0 Å². The second kappa shape index (κ2) is 3.57. The van der Waals surface area contributed by atoms with Gasteiger partial charge in [0.15, 0.2) is 0 Å². The number of H-pyrrole nitrogens is 1. The predicted octanol–water partition coefficient (Wildman–Crippen LogP) is 1.15. The van der Waals surface area contributed by atoms with Crippen LogP contribution in [-0.2, 0) is 0 Å². The van der Waals surface area contributed by atoms with E-state index < -0.39 is 0 Å². The first-order chi connectivity index (χ1) is 5.36. The van der Waals surface area contributed by atoms with Crippen LogP contribution in [0.1, 0.15) is 0 Å². The van der Waals surface area contributed by atoms with Crippen molar-refractivity contribution in [2.45, 2.75) is 0 Å². The van der Waals surface area contributed by atoms with Crippen molar-refractivity contribution in [3.8, 4) is 0 Å². The number of aromatic nitrogens is 1. The van der Waals surface area contributed by atoms with Gasteiger partial charge in [-0.1, -0.05) is 18.2 Å². The summed E-state index contributed by atoms with van der Waals surface area (Å²) in [6, 6.07) is 11.0. The largest absolute Gasteiger partial charge is 3.00 e. The second-order valence-electron chi connectivity index (χ2n) is 2.41. The van der Waals surface area contributed by atoms with Gasteiger partial charge in [0, 0.05) is 11.6 Å². The molecule has 0 aliphatic heterocycles. The molecular formula is C9H7AlNO+3. The van der Waals surface area contributed by atoms with E-state index in [0.29, 0.717) is 0 Å². The van der Waals surface area contributed by atoms with Crippen molar-refractivity contribution >= 4 is 28.3 Å². The minimum absolute atomic E-state index is 0. The van der Waals surface area contributed by atoms with Gasteiger partial charge >= 0.3 is 17.4 Å². The van der Waals surface area contributed by atoms with Crippen LogP contribution in [0, 0.1) is 0 Å². The van der Waals surface area contributed by atoms with E-state index in [1.807, 2.05) is 30.3 Å². The number of aromatic amines is 1.